The number of rotatable bonds is 7. The third-order valence-electron chi connectivity index (χ3n) is 2.30. The van der Waals surface area contributed by atoms with E-state index in [4.69, 9.17) is 5.11 Å². The number of ether oxygens (including phenoxy) is 1. The van der Waals surface area contributed by atoms with Gasteiger partial charge in [-0.15, -0.1) is 0 Å². The van der Waals surface area contributed by atoms with Gasteiger partial charge in [-0.1, -0.05) is 0 Å². The third-order valence-corrected chi connectivity index (χ3v) is 2.30. The maximum Gasteiger partial charge on any atom is 0.325 e. The summed E-state index contributed by atoms with van der Waals surface area (Å²) in [6.45, 7) is 2.12. The molecule has 0 heterocycles. The van der Waals surface area contributed by atoms with Gasteiger partial charge in [-0.25, -0.2) is 8.78 Å². The van der Waals surface area contributed by atoms with Crippen LogP contribution < -0.4 is 5.32 Å². The van der Waals surface area contributed by atoms with E-state index in [1.165, 1.54) is 0 Å². The minimum atomic E-state index is -3.03. The number of ketones is 1. The number of carboxylic acids is 1. The molecular formula is C10H15F2NO5. The van der Waals surface area contributed by atoms with E-state index in [2.05, 4.69) is 4.74 Å². The molecule has 6 nitrogen and oxygen atoms in total. The smallest absolute Gasteiger partial charge is 0.325 e. The molecule has 0 aromatic carbocycles. The minimum Gasteiger partial charge on any atom is -0.480 e. The van der Waals surface area contributed by atoms with E-state index in [-0.39, 0.29) is 0 Å². The Labute approximate surface area is 102 Å². The van der Waals surface area contributed by atoms with Crippen molar-refractivity contribution in [1.82, 2.24) is 5.32 Å². The van der Waals surface area contributed by atoms with Gasteiger partial charge in [0.1, 0.15) is 23.8 Å². The molecule has 0 aliphatic heterocycles. The molecule has 0 saturated carbocycles. The van der Waals surface area contributed by atoms with Gasteiger partial charge in [-0.3, -0.25) is 14.4 Å². The molecule has 0 aliphatic rings. The van der Waals surface area contributed by atoms with Gasteiger partial charge in [0.05, 0.1) is 0 Å². The number of Topliss-reactive ketones (excluding diaryl/α,β-unsaturated/α-hetero) is 1. The molecule has 18 heavy (non-hydrogen) atoms. The number of carbonyl (C=O) groups is 3. The van der Waals surface area contributed by atoms with Gasteiger partial charge >= 0.3 is 5.97 Å². The van der Waals surface area contributed by atoms with Crippen molar-refractivity contribution < 1.29 is 33.0 Å². The summed E-state index contributed by atoms with van der Waals surface area (Å²) in [6.07, 6.45) is -4.93. The van der Waals surface area contributed by atoms with Gasteiger partial charge in [0.25, 0.3) is 6.43 Å². The second-order valence-corrected chi connectivity index (χ2v) is 3.69. The van der Waals surface area contributed by atoms with Crippen molar-refractivity contribution in [3.05, 3.63) is 0 Å². The van der Waals surface area contributed by atoms with Crippen molar-refractivity contribution >= 4 is 17.7 Å². The second-order valence-electron chi connectivity index (χ2n) is 3.69. The molecule has 2 N–H and O–H groups in total. The summed E-state index contributed by atoms with van der Waals surface area (Å²) in [5, 5.41) is 10.5. The summed E-state index contributed by atoms with van der Waals surface area (Å²) in [7, 11) is 0.945. The summed E-state index contributed by atoms with van der Waals surface area (Å²) in [4.78, 5) is 33.3. The highest BCUT2D eigenvalue weighted by Gasteiger charge is 2.39. The fourth-order valence-corrected chi connectivity index (χ4v) is 1.31. The SMILES string of the molecule is COC(C(F)F)C(C(C)=O)C(=O)N[C@@H](C)C(=O)O. The molecule has 0 saturated heterocycles. The molecule has 0 aromatic heterocycles. The largest absolute Gasteiger partial charge is 0.480 e. The maximum absolute atomic E-state index is 12.6. The molecule has 8 heteroatoms. The number of carboxylic acid groups (broad SMARTS) is 1. The molecule has 0 bridgehead atoms. The highest BCUT2D eigenvalue weighted by atomic mass is 19.3. The Morgan fingerprint density at radius 3 is 2.06 bits per heavy atom. The lowest BCUT2D eigenvalue weighted by molar-refractivity contribution is -0.150. The number of aliphatic carboxylic acids is 1. The van der Waals surface area contributed by atoms with Crippen LogP contribution in [0.2, 0.25) is 0 Å². The normalized spacial score (nSPS) is 15.9. The summed E-state index contributed by atoms with van der Waals surface area (Å²) in [5.41, 5.74) is 0. The van der Waals surface area contributed by atoms with Gasteiger partial charge < -0.3 is 15.2 Å². The zero-order valence-electron chi connectivity index (χ0n) is 10.1. The van der Waals surface area contributed by atoms with Crippen LogP contribution in [0.4, 0.5) is 8.78 Å². The molecule has 2 unspecified atom stereocenters. The van der Waals surface area contributed by atoms with Gasteiger partial charge in [0, 0.05) is 7.11 Å². The number of nitrogens with one attached hydrogen (secondary N) is 1. The number of hydrogen-bond acceptors (Lipinski definition) is 4. The number of alkyl halides is 2. The molecule has 0 aliphatic carbocycles. The Balaban J connectivity index is 4.95. The van der Waals surface area contributed by atoms with E-state index in [1.807, 2.05) is 5.32 Å². The summed E-state index contributed by atoms with van der Waals surface area (Å²) in [5.74, 6) is -4.99. The van der Waals surface area contributed by atoms with Crippen molar-refractivity contribution in [2.75, 3.05) is 7.11 Å². The van der Waals surface area contributed by atoms with Crippen LogP contribution in [-0.4, -0.2) is 48.4 Å². The first-order chi connectivity index (χ1) is 8.22. The lowest BCUT2D eigenvalue weighted by Crippen LogP contribution is -2.49. The first-order valence-corrected chi connectivity index (χ1v) is 5.07. The molecule has 0 aromatic rings. The highest BCUT2D eigenvalue weighted by Crippen LogP contribution is 2.17. The van der Waals surface area contributed by atoms with Crippen LogP contribution in [0.25, 0.3) is 0 Å². The van der Waals surface area contributed by atoms with Crippen LogP contribution in [0, 0.1) is 5.92 Å². The zero-order valence-corrected chi connectivity index (χ0v) is 10.1. The van der Waals surface area contributed by atoms with Gasteiger partial charge in [0.15, 0.2) is 0 Å². The van der Waals surface area contributed by atoms with Gasteiger partial charge in [-0.2, -0.15) is 0 Å². The van der Waals surface area contributed by atoms with Crippen LogP contribution in [-0.2, 0) is 19.1 Å². The average molecular weight is 267 g/mol. The highest BCUT2D eigenvalue weighted by molar-refractivity contribution is 6.02. The molecule has 0 spiro atoms. The topological polar surface area (TPSA) is 92.7 Å². The maximum atomic E-state index is 12.6. The van der Waals surface area contributed by atoms with Gasteiger partial charge in [-0.05, 0) is 13.8 Å². The van der Waals surface area contributed by atoms with E-state index in [1.54, 1.807) is 0 Å². The average Bonchev–Trinajstić information content (AvgIpc) is 2.23. The Bertz CT molecular complexity index is 334. The summed E-state index contributed by atoms with van der Waals surface area (Å²) >= 11 is 0. The lowest BCUT2D eigenvalue weighted by atomic mass is 9.97. The van der Waals surface area contributed by atoms with Crippen LogP contribution in [0.3, 0.4) is 0 Å². The summed E-state index contributed by atoms with van der Waals surface area (Å²) in [6, 6.07) is -1.28. The Hall–Kier alpha value is -1.57. The van der Waals surface area contributed by atoms with Crippen molar-refractivity contribution in [3.63, 3.8) is 0 Å². The monoisotopic (exact) mass is 267 g/mol. The molecule has 3 atom stereocenters. The zero-order chi connectivity index (χ0) is 14.5. The molecule has 0 rings (SSSR count). The molecule has 1 amide bonds. The molecular weight excluding hydrogens is 252 g/mol. The minimum absolute atomic E-state index is 0.822. The van der Waals surface area contributed by atoms with Crippen molar-refractivity contribution in [2.24, 2.45) is 5.92 Å². The fourth-order valence-electron chi connectivity index (χ4n) is 1.31. The number of hydrogen-bond donors (Lipinski definition) is 2. The van der Waals surface area contributed by atoms with E-state index in [0.29, 0.717) is 0 Å². The van der Waals surface area contributed by atoms with Crippen molar-refractivity contribution in [3.8, 4) is 0 Å². The van der Waals surface area contributed by atoms with E-state index >= 15 is 0 Å². The third kappa shape index (κ3) is 4.36. The Morgan fingerprint density at radius 2 is 1.78 bits per heavy atom. The van der Waals surface area contributed by atoms with Crippen molar-refractivity contribution in [2.45, 2.75) is 32.4 Å². The lowest BCUT2D eigenvalue weighted by Gasteiger charge is -2.23. The molecule has 0 radical (unpaired) electrons. The predicted octanol–water partition coefficient (Wildman–Crippen LogP) is 0.0610. The van der Waals surface area contributed by atoms with E-state index in [0.717, 1.165) is 21.0 Å². The first-order valence-electron chi connectivity index (χ1n) is 5.07. The predicted molar refractivity (Wildman–Crippen MR) is 56.2 cm³/mol. The quantitative estimate of drug-likeness (QED) is 0.636. The number of methoxy groups -OCH3 is 1. The second kappa shape index (κ2) is 7.00. The van der Waals surface area contributed by atoms with Crippen LogP contribution in [0.5, 0.6) is 0 Å². The number of halogens is 2. The van der Waals surface area contributed by atoms with Crippen molar-refractivity contribution in [1.29, 1.82) is 0 Å². The fraction of sp³-hybridized carbons (Fsp3) is 0.700. The molecule has 104 valence electrons. The number of amides is 1. The Kier molecular flexibility index (Phi) is 6.39. The van der Waals surface area contributed by atoms with Crippen LogP contribution >= 0.6 is 0 Å². The number of carbonyl (C=O) groups excluding carboxylic acids is 2. The van der Waals surface area contributed by atoms with Crippen LogP contribution in [0.1, 0.15) is 13.8 Å². The van der Waals surface area contributed by atoms with Gasteiger partial charge in [0.2, 0.25) is 5.91 Å². The van der Waals surface area contributed by atoms with E-state index in [9.17, 15) is 23.2 Å². The first kappa shape index (κ1) is 16.4. The van der Waals surface area contributed by atoms with E-state index < -0.39 is 42.1 Å². The molecule has 0 fully saturated rings. The van der Waals surface area contributed by atoms with Crippen LogP contribution in [0.15, 0.2) is 0 Å². The standard InChI is InChI=1S/C10H15F2NO5/c1-4(10(16)17)13-9(15)6(5(2)14)7(18-3)8(11)12/h4,6-8H,1-3H3,(H,13,15)(H,16,17)/t4-,6?,7?/m0/s1. The Morgan fingerprint density at radius 1 is 1.28 bits per heavy atom. The summed E-state index contributed by atoms with van der Waals surface area (Å²) < 4.78 is 29.6.